The maximum Gasteiger partial charge on any atom is 0.0655 e. The fourth-order valence-electron chi connectivity index (χ4n) is 4.98. The van der Waals surface area contributed by atoms with Gasteiger partial charge < -0.3 is 16.0 Å². The number of fused-ring (bicyclic) bond motifs is 3. The molecule has 43 heavy (non-hydrogen) atoms. The molecule has 1 aromatic heterocycles. The molecule has 0 aliphatic rings. The Labute approximate surface area is 255 Å². The van der Waals surface area contributed by atoms with Crippen molar-refractivity contribution in [2.75, 3.05) is 6.54 Å². The van der Waals surface area contributed by atoms with Gasteiger partial charge in [-0.2, -0.15) is 0 Å². The molecule has 0 radical (unpaired) electrons. The largest absolute Gasteiger partial charge is 0.405 e. The SMILES string of the molecule is C=C/C=C\CCN.C=N/C(=C\CC/C=C\C=C/N)c1cccc(-n2c3ccccc3c3cc(-c4ccccc4)ccc32)c1. The number of hydrogen-bond donors (Lipinski definition) is 2. The number of para-hydroxylation sites is 1. The van der Waals surface area contributed by atoms with Crippen molar-refractivity contribution < 1.29 is 0 Å². The molecule has 0 saturated heterocycles. The van der Waals surface area contributed by atoms with Crippen molar-refractivity contribution in [3.05, 3.63) is 158 Å². The van der Waals surface area contributed by atoms with Crippen LogP contribution in [0.5, 0.6) is 0 Å². The molecule has 0 atom stereocenters. The molecule has 1 heterocycles. The van der Waals surface area contributed by atoms with Crippen LogP contribution in [0.15, 0.2) is 157 Å². The summed E-state index contributed by atoms with van der Waals surface area (Å²) in [4.78, 5) is 4.33. The molecule has 5 rings (SSSR count). The van der Waals surface area contributed by atoms with E-state index in [4.69, 9.17) is 11.5 Å². The highest BCUT2D eigenvalue weighted by atomic mass is 15.0. The first-order chi connectivity index (χ1) is 21.2. The fraction of sp³-hybridized carbons (Fsp3) is 0.103. The summed E-state index contributed by atoms with van der Waals surface area (Å²) < 4.78 is 2.34. The van der Waals surface area contributed by atoms with Gasteiger partial charge in [0.25, 0.3) is 0 Å². The second-order valence-corrected chi connectivity index (χ2v) is 9.88. The summed E-state index contributed by atoms with van der Waals surface area (Å²) >= 11 is 0. The molecule has 4 heteroatoms. The molecule has 0 amide bonds. The second kappa shape index (κ2) is 16.3. The standard InChI is InChI=1S/C33H29N3.C6H11N/c1-35-31(18-8-3-2-4-11-22-34)27-15-12-16-28(23-27)36-32-19-10-9-17-29(32)30-24-26(20-21-33(30)36)25-13-6-5-7-14-25;1-2-3-4-5-6-7/h2,4-7,9-24H,1,3,8,34H2;2-4H,1,5-7H2/b4-2-,22-11-,31-18-;4-3-. The highest BCUT2D eigenvalue weighted by Crippen LogP contribution is 2.35. The van der Waals surface area contributed by atoms with Crippen LogP contribution in [0.3, 0.4) is 0 Å². The zero-order valence-corrected chi connectivity index (χ0v) is 24.6. The Kier molecular flexibility index (Phi) is 11.7. The van der Waals surface area contributed by atoms with Gasteiger partial charge in [0.2, 0.25) is 0 Å². The van der Waals surface area contributed by atoms with Crippen molar-refractivity contribution in [1.29, 1.82) is 0 Å². The number of aromatic nitrogens is 1. The summed E-state index contributed by atoms with van der Waals surface area (Å²) in [5.74, 6) is 0. The number of hydrogen-bond acceptors (Lipinski definition) is 3. The van der Waals surface area contributed by atoms with Crippen molar-refractivity contribution in [3.8, 4) is 16.8 Å². The van der Waals surface area contributed by atoms with Gasteiger partial charge in [0.05, 0.1) is 16.7 Å². The summed E-state index contributed by atoms with van der Waals surface area (Å²) in [6, 6.07) is 34.4. The lowest BCUT2D eigenvalue weighted by Gasteiger charge is -2.11. The van der Waals surface area contributed by atoms with E-state index in [1.165, 1.54) is 39.1 Å². The van der Waals surface area contributed by atoms with E-state index in [2.05, 4.69) is 132 Å². The number of nitrogens with zero attached hydrogens (tertiary/aromatic N) is 2. The Morgan fingerprint density at radius 1 is 0.721 bits per heavy atom. The zero-order chi connectivity index (χ0) is 30.3. The van der Waals surface area contributed by atoms with Crippen LogP contribution in [0, 0.1) is 0 Å². The van der Waals surface area contributed by atoms with E-state index in [0.717, 1.165) is 42.8 Å². The molecule has 4 nitrogen and oxygen atoms in total. The summed E-state index contributed by atoms with van der Waals surface area (Å²) in [5.41, 5.74) is 18.4. The number of unbranched alkanes of at least 4 members (excludes halogenated alkanes) is 1. The van der Waals surface area contributed by atoms with E-state index < -0.39 is 0 Å². The third-order valence-electron chi connectivity index (χ3n) is 6.98. The van der Waals surface area contributed by atoms with E-state index >= 15 is 0 Å². The van der Waals surface area contributed by atoms with Crippen molar-refractivity contribution in [1.82, 2.24) is 4.57 Å². The smallest absolute Gasteiger partial charge is 0.0655 e. The van der Waals surface area contributed by atoms with Crippen LogP contribution >= 0.6 is 0 Å². The molecule has 0 spiro atoms. The van der Waals surface area contributed by atoms with E-state index in [1.807, 2.05) is 24.3 Å². The van der Waals surface area contributed by atoms with Crippen LogP contribution < -0.4 is 11.5 Å². The lowest BCUT2D eigenvalue weighted by atomic mass is 10.0. The van der Waals surface area contributed by atoms with Gasteiger partial charge in [0.15, 0.2) is 0 Å². The van der Waals surface area contributed by atoms with Crippen LogP contribution in [0.1, 0.15) is 24.8 Å². The third-order valence-corrected chi connectivity index (χ3v) is 6.98. The lowest BCUT2D eigenvalue weighted by molar-refractivity contribution is 1.01. The molecule has 0 aliphatic heterocycles. The first kappa shape index (κ1) is 30.8. The monoisotopic (exact) mass is 564 g/mol. The van der Waals surface area contributed by atoms with Gasteiger partial charge in [-0.3, -0.25) is 4.99 Å². The van der Waals surface area contributed by atoms with Gasteiger partial charge in [0.1, 0.15) is 0 Å². The lowest BCUT2D eigenvalue weighted by Crippen LogP contribution is -1.95. The van der Waals surface area contributed by atoms with Crippen molar-refractivity contribution >= 4 is 34.2 Å². The van der Waals surface area contributed by atoms with Crippen LogP contribution in [-0.4, -0.2) is 17.8 Å². The third kappa shape index (κ3) is 7.97. The summed E-state index contributed by atoms with van der Waals surface area (Å²) in [5, 5.41) is 2.49. The molecule has 4 aromatic carbocycles. The average Bonchev–Trinajstić information content (AvgIpc) is 3.39. The Hall–Kier alpha value is -5.19. The predicted octanol–water partition coefficient (Wildman–Crippen LogP) is 9.38. The fourth-order valence-corrected chi connectivity index (χ4v) is 4.98. The minimum Gasteiger partial charge on any atom is -0.405 e. The van der Waals surface area contributed by atoms with Crippen LogP contribution in [0.4, 0.5) is 0 Å². The van der Waals surface area contributed by atoms with E-state index in [0.29, 0.717) is 0 Å². The molecule has 4 N–H and O–H groups in total. The minimum atomic E-state index is 0.727. The average molecular weight is 565 g/mol. The number of benzene rings is 4. The molecule has 0 unspecified atom stereocenters. The van der Waals surface area contributed by atoms with Gasteiger partial charge in [-0.15, -0.1) is 0 Å². The number of allylic oxidation sites excluding steroid dienone is 6. The molecule has 0 fully saturated rings. The molecule has 5 aromatic rings. The maximum absolute atomic E-state index is 5.38. The maximum atomic E-state index is 5.38. The summed E-state index contributed by atoms with van der Waals surface area (Å²) in [7, 11) is 0. The van der Waals surface area contributed by atoms with Crippen LogP contribution in [0.25, 0.3) is 44.3 Å². The van der Waals surface area contributed by atoms with E-state index in [1.54, 1.807) is 6.08 Å². The first-order valence-corrected chi connectivity index (χ1v) is 14.6. The van der Waals surface area contributed by atoms with Crippen LogP contribution in [0.2, 0.25) is 0 Å². The number of nitrogens with two attached hydrogens (primary N) is 2. The van der Waals surface area contributed by atoms with E-state index in [9.17, 15) is 0 Å². The molecule has 0 aliphatic carbocycles. The predicted molar refractivity (Wildman–Crippen MR) is 188 cm³/mol. The number of aliphatic imine (C=N–C) groups is 1. The molecule has 216 valence electrons. The highest BCUT2D eigenvalue weighted by molar-refractivity contribution is 6.10. The molecular weight excluding hydrogens is 524 g/mol. The summed E-state index contributed by atoms with van der Waals surface area (Å²) in [6.07, 6.45) is 17.9. The van der Waals surface area contributed by atoms with E-state index in [-0.39, 0.29) is 0 Å². The molecular formula is C39H40N4. The van der Waals surface area contributed by atoms with Gasteiger partial charge >= 0.3 is 0 Å². The molecule has 0 saturated carbocycles. The Morgan fingerprint density at radius 2 is 1.49 bits per heavy atom. The van der Waals surface area contributed by atoms with Gasteiger partial charge in [0, 0.05) is 22.0 Å². The van der Waals surface area contributed by atoms with Gasteiger partial charge in [-0.25, -0.2) is 0 Å². The second-order valence-electron chi connectivity index (χ2n) is 9.88. The Bertz CT molecular complexity index is 1770. The quantitative estimate of drug-likeness (QED) is 0.0953. The van der Waals surface area contributed by atoms with Crippen LogP contribution in [-0.2, 0) is 0 Å². The van der Waals surface area contributed by atoms with Gasteiger partial charge in [-0.1, -0.05) is 110 Å². The van der Waals surface area contributed by atoms with Crippen molar-refractivity contribution in [3.63, 3.8) is 0 Å². The minimum absolute atomic E-state index is 0.727. The highest BCUT2D eigenvalue weighted by Gasteiger charge is 2.13. The number of rotatable bonds is 11. The van der Waals surface area contributed by atoms with Gasteiger partial charge in [-0.05, 0) is 86.3 Å². The Balaban J connectivity index is 0.000000541. The topological polar surface area (TPSA) is 69.3 Å². The zero-order valence-electron chi connectivity index (χ0n) is 24.6. The van der Waals surface area contributed by atoms with Crippen molar-refractivity contribution in [2.24, 2.45) is 16.5 Å². The first-order valence-electron chi connectivity index (χ1n) is 14.6. The summed E-state index contributed by atoms with van der Waals surface area (Å²) in [6.45, 7) is 8.06. The normalized spacial score (nSPS) is 11.9. The Morgan fingerprint density at radius 3 is 2.26 bits per heavy atom. The molecule has 0 bridgehead atoms. The van der Waals surface area contributed by atoms with Crippen molar-refractivity contribution in [2.45, 2.75) is 19.3 Å².